The van der Waals surface area contributed by atoms with Crippen LogP contribution in [0.3, 0.4) is 0 Å². The lowest BCUT2D eigenvalue weighted by molar-refractivity contribution is -0.142. The zero-order chi connectivity index (χ0) is 20.0. The SMILES string of the molecule is C[C@@H]1c2nc3ccccc3n2[C@H](CC(=O)NC2CC2)C(=O)N1Cc1ccccc1. The molecule has 3 aromatic rings. The van der Waals surface area contributed by atoms with Crippen LogP contribution in [0.25, 0.3) is 11.0 Å². The first-order valence-corrected chi connectivity index (χ1v) is 10.2. The molecule has 2 aliphatic rings. The Morgan fingerprint density at radius 3 is 2.59 bits per heavy atom. The average Bonchev–Trinajstić information content (AvgIpc) is 3.46. The van der Waals surface area contributed by atoms with Crippen LogP contribution < -0.4 is 5.32 Å². The van der Waals surface area contributed by atoms with Crippen molar-refractivity contribution in [2.75, 3.05) is 0 Å². The van der Waals surface area contributed by atoms with Crippen LogP contribution >= 0.6 is 0 Å². The first-order valence-electron chi connectivity index (χ1n) is 10.2. The summed E-state index contributed by atoms with van der Waals surface area (Å²) in [5.74, 6) is 0.748. The molecule has 1 N–H and O–H groups in total. The molecule has 2 heterocycles. The van der Waals surface area contributed by atoms with Crippen molar-refractivity contribution in [2.45, 2.75) is 50.9 Å². The van der Waals surface area contributed by atoms with Gasteiger partial charge in [-0.05, 0) is 37.5 Å². The monoisotopic (exact) mass is 388 g/mol. The molecule has 0 saturated heterocycles. The van der Waals surface area contributed by atoms with Crippen LogP contribution in [-0.2, 0) is 16.1 Å². The van der Waals surface area contributed by atoms with Gasteiger partial charge < -0.3 is 14.8 Å². The van der Waals surface area contributed by atoms with E-state index in [1.165, 1.54) is 0 Å². The van der Waals surface area contributed by atoms with Crippen LogP contribution in [0, 0.1) is 0 Å². The van der Waals surface area contributed by atoms with Crippen LogP contribution in [0.1, 0.15) is 49.7 Å². The lowest BCUT2D eigenvalue weighted by atomic mass is 10.0. The molecule has 0 bridgehead atoms. The number of imidazole rings is 1. The van der Waals surface area contributed by atoms with E-state index in [2.05, 4.69) is 5.32 Å². The first-order chi connectivity index (χ1) is 14.1. The van der Waals surface area contributed by atoms with Gasteiger partial charge in [-0.2, -0.15) is 0 Å². The molecule has 0 radical (unpaired) electrons. The van der Waals surface area contributed by atoms with Crippen molar-refractivity contribution in [1.82, 2.24) is 19.8 Å². The van der Waals surface area contributed by atoms with E-state index in [0.717, 1.165) is 35.3 Å². The van der Waals surface area contributed by atoms with Crippen molar-refractivity contribution in [3.8, 4) is 0 Å². The number of fused-ring (bicyclic) bond motifs is 3. The number of carbonyl (C=O) groups is 2. The molecule has 1 fully saturated rings. The summed E-state index contributed by atoms with van der Waals surface area (Å²) in [6.07, 6.45) is 2.20. The molecule has 5 rings (SSSR count). The molecule has 148 valence electrons. The van der Waals surface area contributed by atoms with E-state index < -0.39 is 6.04 Å². The maximum atomic E-state index is 13.6. The smallest absolute Gasteiger partial charge is 0.247 e. The van der Waals surface area contributed by atoms with Gasteiger partial charge in [0, 0.05) is 12.6 Å². The number of nitrogens with zero attached hydrogens (tertiary/aromatic N) is 3. The normalized spacial score (nSPS) is 21.3. The molecule has 6 heteroatoms. The van der Waals surface area contributed by atoms with E-state index in [9.17, 15) is 9.59 Å². The zero-order valence-corrected chi connectivity index (χ0v) is 16.4. The van der Waals surface area contributed by atoms with Crippen molar-refractivity contribution in [1.29, 1.82) is 0 Å². The van der Waals surface area contributed by atoms with Crippen molar-refractivity contribution in [3.63, 3.8) is 0 Å². The van der Waals surface area contributed by atoms with Gasteiger partial charge in [0.25, 0.3) is 0 Å². The number of rotatable bonds is 5. The van der Waals surface area contributed by atoms with Crippen molar-refractivity contribution < 1.29 is 9.59 Å². The van der Waals surface area contributed by atoms with Crippen LogP contribution in [-0.4, -0.2) is 32.3 Å². The van der Waals surface area contributed by atoms with E-state index in [4.69, 9.17) is 4.98 Å². The molecule has 1 saturated carbocycles. The fourth-order valence-electron chi connectivity index (χ4n) is 4.18. The van der Waals surface area contributed by atoms with Crippen LogP contribution in [0.2, 0.25) is 0 Å². The first kappa shape index (κ1) is 17.9. The minimum Gasteiger partial charge on any atom is -0.353 e. The second kappa shape index (κ2) is 7.03. The Labute approximate surface area is 169 Å². The minimum absolute atomic E-state index is 0.0250. The minimum atomic E-state index is -0.573. The average molecular weight is 388 g/mol. The van der Waals surface area contributed by atoms with Gasteiger partial charge >= 0.3 is 0 Å². The van der Waals surface area contributed by atoms with Gasteiger partial charge in [0.15, 0.2) is 0 Å². The lowest BCUT2D eigenvalue weighted by Gasteiger charge is -2.38. The Bertz CT molecular complexity index is 1070. The van der Waals surface area contributed by atoms with Crippen molar-refractivity contribution >= 4 is 22.8 Å². The number of aromatic nitrogens is 2. The quantitative estimate of drug-likeness (QED) is 0.729. The van der Waals surface area contributed by atoms with Gasteiger partial charge in [-0.15, -0.1) is 0 Å². The predicted octanol–water partition coefficient (Wildman–Crippen LogP) is 3.35. The van der Waals surface area contributed by atoms with Crippen LogP contribution in [0.4, 0.5) is 0 Å². The Balaban J connectivity index is 1.55. The number of hydrogen-bond acceptors (Lipinski definition) is 3. The van der Waals surface area contributed by atoms with Gasteiger partial charge in [-0.25, -0.2) is 4.98 Å². The standard InChI is InChI=1S/C23H24N4O2/c1-15-22-25-18-9-5-6-10-19(18)27(22)20(13-21(28)24-17-11-12-17)23(29)26(15)14-16-7-3-2-4-8-16/h2-10,15,17,20H,11-14H2,1H3,(H,24,28)/t15-,20-/m1/s1. The molecule has 2 amide bonds. The Morgan fingerprint density at radius 2 is 1.83 bits per heavy atom. The highest BCUT2D eigenvalue weighted by Gasteiger charge is 2.40. The molecular formula is C23H24N4O2. The second-order valence-corrected chi connectivity index (χ2v) is 8.02. The molecule has 2 atom stereocenters. The maximum Gasteiger partial charge on any atom is 0.247 e. The van der Waals surface area contributed by atoms with E-state index in [-0.39, 0.29) is 30.3 Å². The lowest BCUT2D eigenvalue weighted by Crippen LogP contribution is -2.46. The number of nitrogens with one attached hydrogen (secondary N) is 1. The van der Waals surface area contributed by atoms with Gasteiger partial charge in [0.2, 0.25) is 11.8 Å². The van der Waals surface area contributed by atoms with Gasteiger partial charge in [-0.1, -0.05) is 42.5 Å². The second-order valence-electron chi connectivity index (χ2n) is 8.02. The van der Waals surface area contributed by atoms with Crippen molar-refractivity contribution in [2.24, 2.45) is 0 Å². The number of para-hydroxylation sites is 2. The summed E-state index contributed by atoms with van der Waals surface area (Å²) in [5, 5.41) is 3.03. The molecule has 0 spiro atoms. The third-order valence-electron chi connectivity index (χ3n) is 5.86. The highest BCUT2D eigenvalue weighted by molar-refractivity contribution is 5.91. The summed E-state index contributed by atoms with van der Waals surface area (Å²) in [6.45, 7) is 2.52. The number of carbonyl (C=O) groups excluding carboxylic acids is 2. The Hall–Kier alpha value is -3.15. The molecular weight excluding hydrogens is 364 g/mol. The predicted molar refractivity (Wildman–Crippen MR) is 110 cm³/mol. The molecule has 6 nitrogen and oxygen atoms in total. The summed E-state index contributed by atoms with van der Waals surface area (Å²) < 4.78 is 1.98. The van der Waals surface area contributed by atoms with E-state index >= 15 is 0 Å². The fourth-order valence-corrected chi connectivity index (χ4v) is 4.18. The van der Waals surface area contributed by atoms with Crippen LogP contribution in [0.15, 0.2) is 54.6 Å². The zero-order valence-electron chi connectivity index (χ0n) is 16.4. The molecule has 29 heavy (non-hydrogen) atoms. The maximum absolute atomic E-state index is 13.6. The van der Waals surface area contributed by atoms with E-state index in [0.29, 0.717) is 6.54 Å². The number of benzene rings is 2. The summed E-state index contributed by atoms with van der Waals surface area (Å²) >= 11 is 0. The highest BCUT2D eigenvalue weighted by Crippen LogP contribution is 2.37. The summed E-state index contributed by atoms with van der Waals surface area (Å²) in [6, 6.07) is 17.3. The Kier molecular flexibility index (Phi) is 4.34. The summed E-state index contributed by atoms with van der Waals surface area (Å²) in [4.78, 5) is 32.9. The van der Waals surface area contributed by atoms with Crippen molar-refractivity contribution in [3.05, 3.63) is 66.0 Å². The van der Waals surface area contributed by atoms with Crippen LogP contribution in [0.5, 0.6) is 0 Å². The number of amides is 2. The van der Waals surface area contributed by atoms with Gasteiger partial charge in [0.1, 0.15) is 11.9 Å². The third-order valence-corrected chi connectivity index (χ3v) is 5.86. The highest BCUT2D eigenvalue weighted by atomic mass is 16.2. The number of hydrogen-bond donors (Lipinski definition) is 1. The van der Waals surface area contributed by atoms with Gasteiger partial charge in [0.05, 0.1) is 23.5 Å². The molecule has 0 unspecified atom stereocenters. The molecule has 1 aromatic heterocycles. The van der Waals surface area contributed by atoms with E-state index in [1.807, 2.05) is 71.0 Å². The summed E-state index contributed by atoms with van der Waals surface area (Å²) in [5.41, 5.74) is 2.83. The summed E-state index contributed by atoms with van der Waals surface area (Å²) in [7, 11) is 0. The molecule has 1 aliphatic carbocycles. The fraction of sp³-hybridized carbons (Fsp3) is 0.348. The Morgan fingerprint density at radius 1 is 1.10 bits per heavy atom. The topological polar surface area (TPSA) is 67.2 Å². The molecule has 1 aliphatic heterocycles. The van der Waals surface area contributed by atoms with E-state index in [1.54, 1.807) is 0 Å². The van der Waals surface area contributed by atoms with Gasteiger partial charge in [-0.3, -0.25) is 9.59 Å². The largest absolute Gasteiger partial charge is 0.353 e. The third kappa shape index (κ3) is 3.28. The molecule has 2 aromatic carbocycles.